The second-order valence-corrected chi connectivity index (χ2v) is 3.38. The first-order valence-electron chi connectivity index (χ1n) is 4.89. The van der Waals surface area contributed by atoms with Gasteiger partial charge in [-0.05, 0) is 12.8 Å². The van der Waals surface area contributed by atoms with Crippen molar-refractivity contribution in [3.8, 4) is 0 Å². The second-order valence-electron chi connectivity index (χ2n) is 3.38. The topological polar surface area (TPSA) is 20.2 Å². The van der Waals surface area contributed by atoms with E-state index in [1.807, 2.05) is 6.92 Å². The Morgan fingerprint density at radius 3 is 2.38 bits per heavy atom. The Morgan fingerprint density at radius 1 is 1.31 bits per heavy atom. The van der Waals surface area contributed by atoms with Crippen LogP contribution < -0.4 is 0 Å². The summed E-state index contributed by atoms with van der Waals surface area (Å²) in [4.78, 5) is 0. The monoisotopic (exact) mass is 193 g/mol. The molecule has 79 valence electrons. The van der Waals surface area contributed by atoms with Crippen LogP contribution in [0.4, 0.5) is 8.78 Å². The first-order chi connectivity index (χ1) is 6.04. The number of hydrogen-bond donors (Lipinski definition) is 1. The number of aliphatic hydroxyl groups excluding tert-OH is 1. The zero-order chi connectivity index (χ0) is 10.3. The van der Waals surface area contributed by atoms with Gasteiger partial charge in [0.15, 0.2) is 0 Å². The number of aliphatic hydroxyl groups is 1. The van der Waals surface area contributed by atoms with Gasteiger partial charge in [0.2, 0.25) is 0 Å². The highest BCUT2D eigenvalue weighted by atomic mass is 19.3. The Morgan fingerprint density at radius 2 is 1.92 bits per heavy atom. The molecule has 0 bridgehead atoms. The molecule has 1 unspecified atom stereocenters. The van der Waals surface area contributed by atoms with Crippen molar-refractivity contribution in [1.82, 2.24) is 0 Å². The SMILES string of the molecule is [CH2]CC(O)C(F)(F)CCCCCC. The van der Waals surface area contributed by atoms with Crippen LogP contribution in [0, 0.1) is 6.92 Å². The summed E-state index contributed by atoms with van der Waals surface area (Å²) < 4.78 is 25.9. The van der Waals surface area contributed by atoms with Crippen molar-refractivity contribution in [3.63, 3.8) is 0 Å². The number of alkyl halides is 2. The van der Waals surface area contributed by atoms with Gasteiger partial charge in [0.25, 0.3) is 5.92 Å². The van der Waals surface area contributed by atoms with Crippen LogP contribution in [0.2, 0.25) is 0 Å². The average molecular weight is 193 g/mol. The fourth-order valence-electron chi connectivity index (χ4n) is 1.17. The van der Waals surface area contributed by atoms with Crippen LogP contribution in [0.5, 0.6) is 0 Å². The number of halogens is 2. The first-order valence-corrected chi connectivity index (χ1v) is 4.89. The van der Waals surface area contributed by atoms with Gasteiger partial charge in [0.1, 0.15) is 6.10 Å². The van der Waals surface area contributed by atoms with Gasteiger partial charge in [-0.1, -0.05) is 33.1 Å². The molecule has 0 aliphatic heterocycles. The van der Waals surface area contributed by atoms with E-state index in [4.69, 9.17) is 5.11 Å². The molecule has 0 aromatic carbocycles. The van der Waals surface area contributed by atoms with Gasteiger partial charge < -0.3 is 5.11 Å². The maximum absolute atomic E-state index is 13.0. The largest absolute Gasteiger partial charge is 0.387 e. The number of rotatable bonds is 7. The summed E-state index contributed by atoms with van der Waals surface area (Å²) in [6, 6.07) is 0. The number of hydrogen-bond acceptors (Lipinski definition) is 1. The van der Waals surface area contributed by atoms with E-state index >= 15 is 0 Å². The van der Waals surface area contributed by atoms with Crippen LogP contribution in [-0.4, -0.2) is 17.1 Å². The van der Waals surface area contributed by atoms with Gasteiger partial charge >= 0.3 is 0 Å². The van der Waals surface area contributed by atoms with Gasteiger partial charge in [0.05, 0.1) is 0 Å². The Labute approximate surface area is 79.1 Å². The van der Waals surface area contributed by atoms with E-state index in [1.165, 1.54) is 0 Å². The summed E-state index contributed by atoms with van der Waals surface area (Å²) in [5, 5.41) is 8.93. The minimum atomic E-state index is -2.95. The van der Waals surface area contributed by atoms with E-state index in [2.05, 4.69) is 6.92 Å². The second kappa shape index (κ2) is 6.30. The van der Waals surface area contributed by atoms with Crippen molar-refractivity contribution < 1.29 is 13.9 Å². The molecule has 1 nitrogen and oxygen atoms in total. The Kier molecular flexibility index (Phi) is 6.21. The summed E-state index contributed by atoms with van der Waals surface area (Å²) in [6.07, 6.45) is 1.40. The molecular formula is C10H19F2O. The maximum Gasteiger partial charge on any atom is 0.273 e. The lowest BCUT2D eigenvalue weighted by Gasteiger charge is -2.21. The van der Waals surface area contributed by atoms with Crippen LogP contribution in [0.1, 0.15) is 45.4 Å². The lowest BCUT2D eigenvalue weighted by atomic mass is 10.0. The highest BCUT2D eigenvalue weighted by Crippen LogP contribution is 2.27. The molecule has 0 fully saturated rings. The third-order valence-corrected chi connectivity index (χ3v) is 2.12. The maximum atomic E-state index is 13.0. The molecule has 0 aliphatic carbocycles. The molecular weight excluding hydrogens is 174 g/mol. The van der Waals surface area contributed by atoms with Crippen LogP contribution >= 0.6 is 0 Å². The minimum absolute atomic E-state index is 0.124. The molecule has 0 aromatic heterocycles. The zero-order valence-electron chi connectivity index (χ0n) is 8.23. The van der Waals surface area contributed by atoms with E-state index in [-0.39, 0.29) is 12.8 Å². The van der Waals surface area contributed by atoms with E-state index in [0.717, 1.165) is 19.3 Å². The number of unbranched alkanes of at least 4 members (excludes halogenated alkanes) is 3. The normalized spacial score (nSPS) is 14.5. The molecule has 1 radical (unpaired) electrons. The molecule has 1 atom stereocenters. The summed E-state index contributed by atoms with van der Waals surface area (Å²) >= 11 is 0. The highest BCUT2D eigenvalue weighted by molar-refractivity contribution is 4.76. The molecule has 0 spiro atoms. The lowest BCUT2D eigenvalue weighted by molar-refractivity contribution is -0.113. The van der Waals surface area contributed by atoms with Crippen LogP contribution in [-0.2, 0) is 0 Å². The lowest BCUT2D eigenvalue weighted by Crippen LogP contribution is -2.32. The summed E-state index contributed by atoms with van der Waals surface area (Å²) in [7, 11) is 0. The Hall–Kier alpha value is -0.180. The predicted octanol–water partition coefficient (Wildman–Crippen LogP) is 3.18. The molecule has 13 heavy (non-hydrogen) atoms. The van der Waals surface area contributed by atoms with E-state index < -0.39 is 12.0 Å². The molecule has 0 heterocycles. The van der Waals surface area contributed by atoms with Crippen molar-refractivity contribution in [1.29, 1.82) is 0 Å². The minimum Gasteiger partial charge on any atom is -0.387 e. The van der Waals surface area contributed by atoms with Crippen molar-refractivity contribution >= 4 is 0 Å². The molecule has 1 N–H and O–H groups in total. The van der Waals surface area contributed by atoms with E-state index in [1.54, 1.807) is 0 Å². The third-order valence-electron chi connectivity index (χ3n) is 2.12. The van der Waals surface area contributed by atoms with Gasteiger partial charge in [-0.2, -0.15) is 0 Å². The average Bonchev–Trinajstić information content (AvgIpc) is 2.11. The van der Waals surface area contributed by atoms with Crippen molar-refractivity contribution in [2.24, 2.45) is 0 Å². The van der Waals surface area contributed by atoms with Gasteiger partial charge in [-0.25, -0.2) is 8.78 Å². The van der Waals surface area contributed by atoms with Crippen LogP contribution in [0.3, 0.4) is 0 Å². The molecule has 0 saturated carbocycles. The molecule has 3 heteroatoms. The smallest absolute Gasteiger partial charge is 0.273 e. The van der Waals surface area contributed by atoms with E-state index in [0.29, 0.717) is 6.42 Å². The molecule has 0 amide bonds. The Bertz CT molecular complexity index is 126. The zero-order valence-corrected chi connectivity index (χ0v) is 8.23. The van der Waals surface area contributed by atoms with Crippen LogP contribution in [0.25, 0.3) is 0 Å². The summed E-state index contributed by atoms with van der Waals surface area (Å²) in [5.74, 6) is -2.95. The predicted molar refractivity (Wildman–Crippen MR) is 49.7 cm³/mol. The third kappa shape index (κ3) is 5.19. The van der Waals surface area contributed by atoms with Gasteiger partial charge in [0, 0.05) is 6.42 Å². The van der Waals surface area contributed by atoms with E-state index in [9.17, 15) is 8.78 Å². The van der Waals surface area contributed by atoms with Crippen molar-refractivity contribution in [2.75, 3.05) is 0 Å². The van der Waals surface area contributed by atoms with Gasteiger partial charge in [-0.15, -0.1) is 0 Å². The van der Waals surface area contributed by atoms with Gasteiger partial charge in [-0.3, -0.25) is 0 Å². The highest BCUT2D eigenvalue weighted by Gasteiger charge is 2.35. The fraction of sp³-hybridized carbons (Fsp3) is 0.900. The molecule has 0 aliphatic rings. The quantitative estimate of drug-likeness (QED) is 0.616. The van der Waals surface area contributed by atoms with Crippen molar-refractivity contribution in [2.45, 2.75) is 57.5 Å². The Balaban J connectivity index is 3.62. The van der Waals surface area contributed by atoms with Crippen LogP contribution in [0.15, 0.2) is 0 Å². The molecule has 0 aromatic rings. The molecule has 0 saturated heterocycles. The standard InChI is InChI=1S/C10H19F2O/c1-3-5-6-7-8-10(11,12)9(13)4-2/h9,13H,2-8H2,1H3. The first kappa shape index (κ1) is 12.8. The van der Waals surface area contributed by atoms with Crippen molar-refractivity contribution in [3.05, 3.63) is 6.92 Å². The molecule has 0 rings (SSSR count). The summed E-state index contributed by atoms with van der Waals surface area (Å²) in [6.45, 7) is 5.30. The summed E-state index contributed by atoms with van der Waals surface area (Å²) in [5.41, 5.74) is 0. The fourth-order valence-corrected chi connectivity index (χ4v) is 1.17.